The van der Waals surface area contributed by atoms with E-state index in [2.05, 4.69) is 19.1 Å². The van der Waals surface area contributed by atoms with Gasteiger partial charge in [-0.05, 0) is 38.5 Å². The van der Waals surface area contributed by atoms with Gasteiger partial charge < -0.3 is 19.4 Å². The van der Waals surface area contributed by atoms with Crippen molar-refractivity contribution in [2.75, 3.05) is 27.7 Å². The molecule has 3 N–H and O–H groups in total. The molecule has 0 rings (SSSR count). The second-order valence-electron chi connectivity index (χ2n) is 11.4. The van der Waals surface area contributed by atoms with Gasteiger partial charge in [0.2, 0.25) is 5.34 Å². The van der Waals surface area contributed by atoms with Gasteiger partial charge in [-0.3, -0.25) is 4.57 Å². The maximum atomic E-state index is 11.8. The minimum absolute atomic E-state index is 0.0623. The largest absolute Gasteiger partial charge is 0.373 e. The fraction of sp³-hybridized carbons (Fsp3) is 0.929. The van der Waals surface area contributed by atoms with Crippen LogP contribution in [0.2, 0.25) is 0 Å². The molecule has 0 aliphatic rings. The molecule has 1 atom stereocenters. The van der Waals surface area contributed by atoms with Crippen molar-refractivity contribution in [3.8, 4) is 0 Å². The number of hydrogen-bond acceptors (Lipinski definition) is 2. The fourth-order valence-electron chi connectivity index (χ4n) is 4.62. The quantitative estimate of drug-likeness (QED) is 0.0539. The summed E-state index contributed by atoms with van der Waals surface area (Å²) in [5.74, 6) is 0. The van der Waals surface area contributed by atoms with Gasteiger partial charge in [-0.1, -0.05) is 109 Å². The number of allylic oxidation sites excluding steroid dienone is 2. The van der Waals surface area contributed by atoms with Crippen LogP contribution < -0.4 is 0 Å². The number of quaternary nitrogens is 1. The summed E-state index contributed by atoms with van der Waals surface area (Å²) >= 11 is 0. The maximum absolute atomic E-state index is 11.8. The van der Waals surface area contributed by atoms with Crippen LogP contribution in [0.25, 0.3) is 0 Å². The number of hydrogen-bond donors (Lipinski definition) is 3. The Morgan fingerprint density at radius 1 is 0.647 bits per heavy atom. The Labute approximate surface area is 212 Å². The van der Waals surface area contributed by atoms with Crippen LogP contribution in [0.1, 0.15) is 135 Å². The minimum Gasteiger partial charge on any atom is -0.373 e. The Morgan fingerprint density at radius 3 is 1.35 bits per heavy atom. The number of rotatable bonds is 24. The highest BCUT2D eigenvalue weighted by Gasteiger charge is 2.48. The predicted octanol–water partition coefficient (Wildman–Crippen LogP) is 7.94. The zero-order valence-electron chi connectivity index (χ0n) is 23.1. The van der Waals surface area contributed by atoms with Gasteiger partial charge in [0.1, 0.15) is 6.54 Å². The molecule has 0 bridgehead atoms. The molecule has 0 aliphatic carbocycles. The first-order valence-electron chi connectivity index (χ1n) is 14.3. The molecular weight excluding hydrogens is 445 g/mol. The summed E-state index contributed by atoms with van der Waals surface area (Å²) in [5, 5.41) is 8.65. The highest BCUT2D eigenvalue weighted by Crippen LogP contribution is 2.52. The van der Waals surface area contributed by atoms with E-state index < -0.39 is 12.9 Å². The summed E-state index contributed by atoms with van der Waals surface area (Å²) in [6, 6.07) is 0. The van der Waals surface area contributed by atoms with Gasteiger partial charge in [0.25, 0.3) is 0 Å². The van der Waals surface area contributed by atoms with Gasteiger partial charge in [-0.2, -0.15) is 0 Å². The normalized spacial score (nSPS) is 14.7. The molecule has 1 unspecified atom stereocenters. The van der Waals surface area contributed by atoms with Crippen LogP contribution in [0, 0.1) is 0 Å². The summed E-state index contributed by atoms with van der Waals surface area (Å²) in [6.07, 6.45) is 28.7. The Balaban J connectivity index is 3.53. The zero-order valence-corrected chi connectivity index (χ0v) is 24.0. The van der Waals surface area contributed by atoms with Crippen molar-refractivity contribution in [3.63, 3.8) is 0 Å². The zero-order chi connectivity index (χ0) is 25.8. The summed E-state index contributed by atoms with van der Waals surface area (Å²) in [5.41, 5.74) is 0. The molecule has 0 saturated carbocycles. The second kappa shape index (κ2) is 19.9. The smallest absolute Gasteiger partial charge is 0.362 e. The van der Waals surface area contributed by atoms with Crippen molar-refractivity contribution in [3.05, 3.63) is 12.2 Å². The first-order chi connectivity index (χ1) is 16.0. The molecule has 0 fully saturated rings. The molecule has 0 aromatic heterocycles. The Morgan fingerprint density at radius 2 is 1.00 bits per heavy atom. The van der Waals surface area contributed by atoms with E-state index in [1.807, 2.05) is 21.1 Å². The minimum atomic E-state index is -4.54. The molecular formula is C28H59NO4P+. The van der Waals surface area contributed by atoms with Crippen LogP contribution >= 0.6 is 7.60 Å². The molecule has 5 nitrogen and oxygen atoms in total. The first kappa shape index (κ1) is 33.8. The van der Waals surface area contributed by atoms with Gasteiger partial charge >= 0.3 is 7.60 Å². The third-order valence-corrected chi connectivity index (χ3v) is 8.06. The fourth-order valence-corrected chi connectivity index (χ4v) is 5.67. The average Bonchev–Trinajstić information content (AvgIpc) is 2.73. The van der Waals surface area contributed by atoms with Crippen molar-refractivity contribution < 1.29 is 23.9 Å². The third kappa shape index (κ3) is 20.0. The molecule has 0 aliphatic heterocycles. The lowest BCUT2D eigenvalue weighted by molar-refractivity contribution is -0.875. The van der Waals surface area contributed by atoms with E-state index in [1.165, 1.54) is 103 Å². The molecule has 0 aromatic carbocycles. The number of aliphatic hydroxyl groups is 1. The maximum Gasteiger partial charge on any atom is 0.362 e. The Kier molecular flexibility index (Phi) is 19.8. The van der Waals surface area contributed by atoms with E-state index >= 15 is 0 Å². The molecule has 6 heteroatoms. The first-order valence-corrected chi connectivity index (χ1v) is 15.9. The summed E-state index contributed by atoms with van der Waals surface area (Å²) in [7, 11) is 0.985. The van der Waals surface area contributed by atoms with Gasteiger partial charge in [-0.25, -0.2) is 0 Å². The SMILES string of the molecule is CCCCCCCC/C=C\CCCCCCCCCCCCCC(O)(C[N+](C)(C)C)P(=O)(O)O. The lowest BCUT2D eigenvalue weighted by atomic mass is 10.0. The van der Waals surface area contributed by atoms with Crippen LogP contribution in [0.5, 0.6) is 0 Å². The molecule has 0 radical (unpaired) electrons. The number of nitrogens with zero attached hydrogens (tertiary/aromatic N) is 1. The Hall–Kier alpha value is -0.190. The second-order valence-corrected chi connectivity index (χ2v) is 13.4. The van der Waals surface area contributed by atoms with Crippen LogP contribution in [-0.2, 0) is 4.57 Å². The molecule has 0 saturated heterocycles. The highest BCUT2D eigenvalue weighted by molar-refractivity contribution is 7.53. The van der Waals surface area contributed by atoms with E-state index in [1.54, 1.807) is 0 Å². The third-order valence-electron chi connectivity index (χ3n) is 6.61. The monoisotopic (exact) mass is 504 g/mol. The van der Waals surface area contributed by atoms with Crippen LogP contribution in [-0.4, -0.2) is 52.4 Å². The van der Waals surface area contributed by atoms with Crippen molar-refractivity contribution in [2.45, 2.75) is 141 Å². The van der Waals surface area contributed by atoms with E-state index in [0.29, 0.717) is 10.9 Å². The molecule has 204 valence electrons. The van der Waals surface area contributed by atoms with Crippen molar-refractivity contribution in [1.29, 1.82) is 0 Å². The standard InChI is InChI=1S/C28H58NO4P/c1-5-6-7-8-9-10-11-12-13-14-15-16-17-18-19-20-21-22-23-24-25-26-28(30,34(31,32)33)27-29(2,3)4/h12-13,30H,5-11,14-27H2,1-4H3,(H-,31,32,33)/p+1/b13-12-. The number of likely N-dealkylation sites (N-methyl/N-ethyl adjacent to an activating group) is 1. The lowest BCUT2D eigenvalue weighted by Gasteiger charge is -2.35. The van der Waals surface area contributed by atoms with Crippen molar-refractivity contribution in [1.82, 2.24) is 0 Å². The summed E-state index contributed by atoms with van der Waals surface area (Å²) in [4.78, 5) is 19.2. The Bertz CT molecular complexity index is 541. The topological polar surface area (TPSA) is 77.8 Å². The van der Waals surface area contributed by atoms with Crippen LogP contribution in [0.15, 0.2) is 12.2 Å². The number of unbranched alkanes of at least 4 members (excludes halogenated alkanes) is 17. The predicted molar refractivity (Wildman–Crippen MR) is 147 cm³/mol. The van der Waals surface area contributed by atoms with E-state index in [-0.39, 0.29) is 13.0 Å². The van der Waals surface area contributed by atoms with Gasteiger partial charge in [-0.15, -0.1) is 0 Å². The van der Waals surface area contributed by atoms with E-state index in [9.17, 15) is 19.5 Å². The van der Waals surface area contributed by atoms with Crippen molar-refractivity contribution in [2.24, 2.45) is 0 Å². The molecule has 0 spiro atoms. The summed E-state index contributed by atoms with van der Waals surface area (Å²) in [6.45, 7) is 2.33. The van der Waals surface area contributed by atoms with Gasteiger partial charge in [0, 0.05) is 0 Å². The van der Waals surface area contributed by atoms with Gasteiger partial charge in [0.15, 0.2) is 0 Å². The molecule has 0 aromatic rings. The van der Waals surface area contributed by atoms with E-state index in [4.69, 9.17) is 0 Å². The average molecular weight is 505 g/mol. The van der Waals surface area contributed by atoms with E-state index in [0.717, 1.165) is 12.8 Å². The molecule has 34 heavy (non-hydrogen) atoms. The van der Waals surface area contributed by atoms with Gasteiger partial charge in [0.05, 0.1) is 21.1 Å². The molecule has 0 heterocycles. The lowest BCUT2D eigenvalue weighted by Crippen LogP contribution is -2.49. The van der Waals surface area contributed by atoms with Crippen LogP contribution in [0.4, 0.5) is 0 Å². The van der Waals surface area contributed by atoms with Crippen LogP contribution in [0.3, 0.4) is 0 Å². The molecule has 0 amide bonds. The summed E-state index contributed by atoms with van der Waals surface area (Å²) < 4.78 is 12.1. The van der Waals surface area contributed by atoms with Crippen molar-refractivity contribution >= 4 is 7.60 Å². The highest BCUT2D eigenvalue weighted by atomic mass is 31.2.